The molecule has 34 heavy (non-hydrogen) atoms. The first-order valence-corrected chi connectivity index (χ1v) is 10.7. The maximum absolute atomic E-state index is 13.7. The fourth-order valence-corrected chi connectivity index (χ4v) is 4.00. The molecule has 2 heterocycles. The van der Waals surface area contributed by atoms with Crippen LogP contribution in [0.15, 0.2) is 39.1 Å². The summed E-state index contributed by atoms with van der Waals surface area (Å²) < 4.78 is 23.0. The first kappa shape index (κ1) is 23.2. The van der Waals surface area contributed by atoms with Gasteiger partial charge in [-0.25, -0.2) is 4.79 Å². The Morgan fingerprint density at radius 1 is 1.18 bits per heavy atom. The number of hydrogen-bond donors (Lipinski definition) is 2. The topological polar surface area (TPSA) is 115 Å². The van der Waals surface area contributed by atoms with Crippen molar-refractivity contribution >= 4 is 34.0 Å². The first-order chi connectivity index (χ1) is 16.0. The molecule has 0 saturated heterocycles. The fourth-order valence-electron chi connectivity index (χ4n) is 4.00. The Labute approximate surface area is 195 Å². The number of fused-ring (bicyclic) bond motifs is 3. The van der Waals surface area contributed by atoms with Crippen LogP contribution in [0.4, 0.5) is 0 Å². The molecule has 0 unspecified atom stereocenters. The number of carbonyl (C=O) groups is 1. The lowest BCUT2D eigenvalue weighted by atomic mass is 9.97. The third-order valence-electron chi connectivity index (χ3n) is 5.54. The monoisotopic (exact) mass is 466 g/mol. The van der Waals surface area contributed by atoms with Crippen LogP contribution in [0.5, 0.6) is 23.0 Å². The molecule has 1 aliphatic heterocycles. The van der Waals surface area contributed by atoms with Gasteiger partial charge in [-0.1, -0.05) is 11.6 Å². The van der Waals surface area contributed by atoms with Crippen LogP contribution in [-0.2, 0) is 11.2 Å². The van der Waals surface area contributed by atoms with Crippen LogP contribution >= 0.6 is 0 Å². The van der Waals surface area contributed by atoms with Gasteiger partial charge in [-0.3, -0.25) is 4.79 Å². The largest absolute Gasteiger partial charge is 0.506 e. The number of phenolic OH excluding ortho intramolecular Hbond substituents is 1. The predicted molar refractivity (Wildman–Crippen MR) is 128 cm³/mol. The van der Waals surface area contributed by atoms with Crippen LogP contribution in [0.25, 0.3) is 28.0 Å². The van der Waals surface area contributed by atoms with Crippen molar-refractivity contribution in [3.05, 3.63) is 51.2 Å². The number of aliphatic carboxylic acids is 1. The summed E-state index contributed by atoms with van der Waals surface area (Å²) in [6, 6.07) is 3.01. The van der Waals surface area contributed by atoms with Gasteiger partial charge in [0.25, 0.3) is 0 Å². The molecular weight excluding hydrogens is 440 g/mol. The number of benzene rings is 2. The second-order valence-electron chi connectivity index (χ2n) is 8.91. The Kier molecular flexibility index (Phi) is 5.77. The molecule has 4 rings (SSSR count). The number of phenols is 1. The molecule has 0 spiro atoms. The van der Waals surface area contributed by atoms with Gasteiger partial charge in [-0.2, -0.15) is 0 Å². The number of aromatic hydroxyl groups is 1. The highest BCUT2D eigenvalue weighted by molar-refractivity contribution is 5.99. The van der Waals surface area contributed by atoms with Crippen molar-refractivity contribution in [3.63, 3.8) is 0 Å². The van der Waals surface area contributed by atoms with E-state index in [1.54, 1.807) is 18.2 Å². The lowest BCUT2D eigenvalue weighted by molar-refractivity contribution is -0.139. The quantitative estimate of drug-likeness (QED) is 0.393. The van der Waals surface area contributed by atoms with E-state index in [1.807, 2.05) is 33.8 Å². The van der Waals surface area contributed by atoms with Gasteiger partial charge in [-0.05, 0) is 46.3 Å². The van der Waals surface area contributed by atoms with Gasteiger partial charge in [0.1, 0.15) is 33.7 Å². The fraction of sp³-hybridized carbons (Fsp3) is 0.308. The van der Waals surface area contributed by atoms with E-state index in [4.69, 9.17) is 23.7 Å². The summed E-state index contributed by atoms with van der Waals surface area (Å²) in [6.07, 6.45) is 5.75. The average Bonchev–Trinajstić information content (AvgIpc) is 2.74. The molecule has 0 saturated carbocycles. The highest BCUT2D eigenvalue weighted by Crippen LogP contribution is 2.43. The third-order valence-corrected chi connectivity index (χ3v) is 5.54. The molecule has 0 amide bonds. The zero-order valence-corrected chi connectivity index (χ0v) is 19.6. The molecular formula is C26H26O8. The molecule has 1 aliphatic rings. The van der Waals surface area contributed by atoms with Crippen LogP contribution in [0.2, 0.25) is 0 Å². The number of allylic oxidation sites excluding steroid dienone is 2. The second-order valence-corrected chi connectivity index (χ2v) is 8.91. The predicted octanol–water partition coefficient (Wildman–Crippen LogP) is 4.82. The third kappa shape index (κ3) is 4.07. The van der Waals surface area contributed by atoms with Crippen molar-refractivity contribution in [2.45, 2.75) is 39.7 Å². The molecule has 178 valence electrons. The summed E-state index contributed by atoms with van der Waals surface area (Å²) in [5, 5.41) is 20.3. The van der Waals surface area contributed by atoms with Gasteiger partial charge in [0.05, 0.1) is 18.1 Å². The molecule has 0 fully saturated rings. The van der Waals surface area contributed by atoms with E-state index in [9.17, 15) is 14.7 Å². The van der Waals surface area contributed by atoms with Gasteiger partial charge in [0.15, 0.2) is 18.1 Å². The van der Waals surface area contributed by atoms with Gasteiger partial charge < -0.3 is 28.8 Å². The van der Waals surface area contributed by atoms with Crippen molar-refractivity contribution in [2.24, 2.45) is 0 Å². The van der Waals surface area contributed by atoms with E-state index < -0.39 is 23.6 Å². The van der Waals surface area contributed by atoms with E-state index in [0.29, 0.717) is 23.3 Å². The van der Waals surface area contributed by atoms with Crippen molar-refractivity contribution in [2.75, 3.05) is 13.7 Å². The zero-order valence-electron chi connectivity index (χ0n) is 19.6. The van der Waals surface area contributed by atoms with Crippen LogP contribution < -0.4 is 19.6 Å². The summed E-state index contributed by atoms with van der Waals surface area (Å²) in [7, 11) is 1.42. The smallest absolute Gasteiger partial charge is 0.341 e. The Morgan fingerprint density at radius 3 is 2.53 bits per heavy atom. The van der Waals surface area contributed by atoms with Gasteiger partial charge >= 0.3 is 5.97 Å². The Hall–Kier alpha value is -3.94. The average molecular weight is 466 g/mol. The minimum absolute atomic E-state index is 0.0268. The molecule has 0 atom stereocenters. The van der Waals surface area contributed by atoms with E-state index >= 15 is 0 Å². The van der Waals surface area contributed by atoms with E-state index in [-0.39, 0.29) is 39.2 Å². The minimum atomic E-state index is -1.16. The normalized spacial score (nSPS) is 13.9. The number of rotatable bonds is 6. The van der Waals surface area contributed by atoms with Crippen molar-refractivity contribution < 1.29 is 33.6 Å². The lowest BCUT2D eigenvalue weighted by Crippen LogP contribution is -2.27. The van der Waals surface area contributed by atoms with Crippen molar-refractivity contribution in [1.82, 2.24) is 0 Å². The first-order valence-electron chi connectivity index (χ1n) is 10.7. The Morgan fingerprint density at radius 2 is 1.88 bits per heavy atom. The molecule has 0 radical (unpaired) electrons. The minimum Gasteiger partial charge on any atom is -0.506 e. The summed E-state index contributed by atoms with van der Waals surface area (Å²) in [6.45, 7) is 6.99. The number of methoxy groups -OCH3 is 1. The van der Waals surface area contributed by atoms with E-state index in [2.05, 4.69) is 0 Å². The molecule has 0 bridgehead atoms. The number of hydrogen-bond acceptors (Lipinski definition) is 7. The maximum Gasteiger partial charge on any atom is 0.341 e. The summed E-state index contributed by atoms with van der Waals surface area (Å²) in [5.74, 6) is -0.619. The van der Waals surface area contributed by atoms with Crippen molar-refractivity contribution in [3.8, 4) is 23.0 Å². The lowest BCUT2D eigenvalue weighted by Gasteiger charge is -2.28. The summed E-state index contributed by atoms with van der Waals surface area (Å²) in [5.41, 5.74) is 1.18. The molecule has 2 N–H and O–H groups in total. The highest BCUT2D eigenvalue weighted by atomic mass is 16.5. The highest BCUT2D eigenvalue weighted by Gasteiger charge is 2.28. The number of carboxylic acid groups (broad SMARTS) is 1. The van der Waals surface area contributed by atoms with Crippen molar-refractivity contribution in [1.29, 1.82) is 0 Å². The summed E-state index contributed by atoms with van der Waals surface area (Å²) >= 11 is 0. The molecule has 8 nitrogen and oxygen atoms in total. The van der Waals surface area contributed by atoms with Gasteiger partial charge in [0.2, 0.25) is 5.43 Å². The molecule has 1 aromatic heterocycles. The SMILES string of the molecule is COc1c(OCC(=O)O)cc2oc3cc4c(c(O)c3c(=O)c2c1CC=C(C)C)C=CC(C)(C)O4. The molecule has 0 aliphatic carbocycles. The molecule has 8 heteroatoms. The van der Waals surface area contributed by atoms with Crippen LogP contribution in [-0.4, -0.2) is 35.5 Å². The Balaban J connectivity index is 2.08. The van der Waals surface area contributed by atoms with Gasteiger partial charge in [0, 0.05) is 17.7 Å². The van der Waals surface area contributed by atoms with Crippen LogP contribution in [0, 0.1) is 0 Å². The van der Waals surface area contributed by atoms with E-state index in [0.717, 1.165) is 5.57 Å². The zero-order chi connectivity index (χ0) is 24.8. The molecule has 3 aromatic rings. The van der Waals surface area contributed by atoms with E-state index in [1.165, 1.54) is 13.2 Å². The van der Waals surface area contributed by atoms with Gasteiger partial charge in [-0.15, -0.1) is 0 Å². The maximum atomic E-state index is 13.7. The van der Waals surface area contributed by atoms with Crippen LogP contribution in [0.3, 0.4) is 0 Å². The standard InChI is InChI=1S/C26H26O8/c1-13(2)6-7-15-21-17(11-19(25(15)31-5)32-12-20(27)28)33-18-10-16-14(8-9-26(3,4)34-16)23(29)22(18)24(21)30/h6,8-11,29H,7,12H2,1-5H3,(H,27,28). The molecule has 2 aromatic carbocycles. The number of ether oxygens (including phenoxy) is 3. The van der Waals surface area contributed by atoms with Crippen LogP contribution in [0.1, 0.15) is 38.8 Å². The number of carboxylic acids is 1. The second kappa shape index (κ2) is 8.44. The Bertz CT molecular complexity index is 1440. The summed E-state index contributed by atoms with van der Waals surface area (Å²) in [4.78, 5) is 24.8.